The quantitative estimate of drug-likeness (QED) is 0.790. The lowest BCUT2D eigenvalue weighted by atomic mass is 9.62. The molecule has 19 heavy (non-hydrogen) atoms. The van der Waals surface area contributed by atoms with Crippen LogP contribution in [-0.4, -0.2) is 12.6 Å². The monoisotopic (exact) mass is 254 g/mol. The van der Waals surface area contributed by atoms with E-state index < -0.39 is 0 Å². The van der Waals surface area contributed by atoms with Gasteiger partial charge in [0.25, 0.3) is 0 Å². The molecular formula is C17H22N2. The van der Waals surface area contributed by atoms with Gasteiger partial charge in [-0.25, -0.2) is 0 Å². The van der Waals surface area contributed by atoms with Crippen molar-refractivity contribution in [3.8, 4) is 6.07 Å². The van der Waals surface area contributed by atoms with Gasteiger partial charge in [-0.1, -0.05) is 43.2 Å². The van der Waals surface area contributed by atoms with E-state index in [2.05, 4.69) is 23.5 Å². The molecule has 2 aliphatic rings. The van der Waals surface area contributed by atoms with Gasteiger partial charge in [0.05, 0.1) is 11.5 Å². The first-order valence-corrected chi connectivity index (χ1v) is 7.52. The summed E-state index contributed by atoms with van der Waals surface area (Å²) in [6.07, 6.45) is 7.53. The first kappa shape index (κ1) is 12.7. The van der Waals surface area contributed by atoms with Crippen LogP contribution in [0.4, 0.5) is 0 Å². The number of rotatable bonds is 6. The zero-order valence-corrected chi connectivity index (χ0v) is 11.4. The van der Waals surface area contributed by atoms with Crippen molar-refractivity contribution in [2.45, 2.75) is 50.0 Å². The minimum atomic E-state index is -0.227. The van der Waals surface area contributed by atoms with Gasteiger partial charge < -0.3 is 5.32 Å². The molecule has 0 aliphatic heterocycles. The average molecular weight is 254 g/mol. The highest BCUT2D eigenvalue weighted by molar-refractivity contribution is 5.36. The van der Waals surface area contributed by atoms with Crippen molar-refractivity contribution in [1.82, 2.24) is 5.32 Å². The molecule has 0 spiro atoms. The SMILES string of the molecule is N#CC1(c2ccccc2)CC(NCCCC2CC2)C1. The summed E-state index contributed by atoms with van der Waals surface area (Å²) in [5, 5.41) is 13.1. The summed E-state index contributed by atoms with van der Waals surface area (Å²) >= 11 is 0. The zero-order chi connectivity index (χ0) is 13.1. The van der Waals surface area contributed by atoms with Crippen molar-refractivity contribution in [3.05, 3.63) is 35.9 Å². The second-order valence-electron chi connectivity index (χ2n) is 6.20. The molecule has 0 saturated heterocycles. The van der Waals surface area contributed by atoms with E-state index in [-0.39, 0.29) is 5.41 Å². The van der Waals surface area contributed by atoms with Crippen molar-refractivity contribution >= 4 is 0 Å². The summed E-state index contributed by atoms with van der Waals surface area (Å²) in [6.45, 7) is 1.12. The van der Waals surface area contributed by atoms with Crippen molar-refractivity contribution < 1.29 is 0 Å². The number of nitriles is 1. The molecule has 0 heterocycles. The van der Waals surface area contributed by atoms with Crippen LogP contribution in [0.15, 0.2) is 30.3 Å². The third-order valence-electron chi connectivity index (χ3n) is 4.65. The van der Waals surface area contributed by atoms with E-state index in [1.807, 2.05) is 18.2 Å². The highest BCUT2D eigenvalue weighted by Gasteiger charge is 2.45. The van der Waals surface area contributed by atoms with Crippen LogP contribution in [0.1, 0.15) is 44.1 Å². The van der Waals surface area contributed by atoms with Crippen LogP contribution in [0, 0.1) is 17.2 Å². The minimum Gasteiger partial charge on any atom is -0.314 e. The Labute approximate surface area is 115 Å². The molecule has 0 bridgehead atoms. The lowest BCUT2D eigenvalue weighted by Gasteiger charge is -2.43. The lowest BCUT2D eigenvalue weighted by molar-refractivity contribution is 0.226. The summed E-state index contributed by atoms with van der Waals surface area (Å²) < 4.78 is 0. The Morgan fingerprint density at radius 2 is 1.95 bits per heavy atom. The predicted molar refractivity (Wildman–Crippen MR) is 76.7 cm³/mol. The molecule has 2 nitrogen and oxygen atoms in total. The summed E-state index contributed by atoms with van der Waals surface area (Å²) in [5.41, 5.74) is 0.962. The number of hydrogen-bond acceptors (Lipinski definition) is 2. The van der Waals surface area contributed by atoms with Crippen molar-refractivity contribution in [3.63, 3.8) is 0 Å². The normalized spacial score (nSPS) is 29.5. The second-order valence-corrected chi connectivity index (χ2v) is 6.20. The maximum atomic E-state index is 9.48. The molecule has 100 valence electrons. The van der Waals surface area contributed by atoms with Crippen molar-refractivity contribution in [1.29, 1.82) is 5.26 Å². The molecule has 2 saturated carbocycles. The van der Waals surface area contributed by atoms with Gasteiger partial charge in [0.1, 0.15) is 0 Å². The maximum absolute atomic E-state index is 9.48. The summed E-state index contributed by atoms with van der Waals surface area (Å²) in [4.78, 5) is 0. The molecule has 3 rings (SSSR count). The lowest BCUT2D eigenvalue weighted by Crippen LogP contribution is -2.51. The van der Waals surface area contributed by atoms with Crippen LogP contribution in [0.25, 0.3) is 0 Å². The Morgan fingerprint density at radius 3 is 2.58 bits per heavy atom. The molecule has 0 unspecified atom stereocenters. The van der Waals surface area contributed by atoms with Crippen molar-refractivity contribution in [2.75, 3.05) is 6.54 Å². The molecule has 1 aromatic carbocycles. The van der Waals surface area contributed by atoms with Crippen LogP contribution in [-0.2, 0) is 5.41 Å². The van der Waals surface area contributed by atoms with Gasteiger partial charge in [0, 0.05) is 6.04 Å². The third-order valence-corrected chi connectivity index (χ3v) is 4.65. The van der Waals surface area contributed by atoms with Crippen LogP contribution < -0.4 is 5.32 Å². The minimum absolute atomic E-state index is 0.227. The van der Waals surface area contributed by atoms with Crippen molar-refractivity contribution in [2.24, 2.45) is 5.92 Å². The summed E-state index contributed by atoms with van der Waals surface area (Å²) in [7, 11) is 0. The van der Waals surface area contributed by atoms with E-state index in [1.54, 1.807) is 0 Å². The first-order valence-electron chi connectivity index (χ1n) is 7.52. The number of hydrogen-bond donors (Lipinski definition) is 1. The molecule has 0 amide bonds. The Bertz CT molecular complexity index is 450. The Morgan fingerprint density at radius 1 is 1.21 bits per heavy atom. The molecule has 2 heteroatoms. The second kappa shape index (κ2) is 5.35. The van der Waals surface area contributed by atoms with Crippen LogP contribution >= 0.6 is 0 Å². The first-order chi connectivity index (χ1) is 9.32. The molecule has 2 aliphatic carbocycles. The smallest absolute Gasteiger partial charge is 0.0852 e. The van der Waals surface area contributed by atoms with E-state index in [4.69, 9.17) is 0 Å². The van der Waals surface area contributed by atoms with Gasteiger partial charge in [0.15, 0.2) is 0 Å². The van der Waals surface area contributed by atoms with Gasteiger partial charge >= 0.3 is 0 Å². The van der Waals surface area contributed by atoms with Crippen LogP contribution in [0.5, 0.6) is 0 Å². The van der Waals surface area contributed by atoms with E-state index in [1.165, 1.54) is 31.2 Å². The van der Waals surface area contributed by atoms with Gasteiger partial charge in [0.2, 0.25) is 0 Å². The molecule has 1 N–H and O–H groups in total. The fraction of sp³-hybridized carbons (Fsp3) is 0.588. The largest absolute Gasteiger partial charge is 0.314 e. The highest BCUT2D eigenvalue weighted by Crippen LogP contribution is 2.43. The fourth-order valence-corrected chi connectivity index (χ4v) is 3.18. The number of nitrogens with zero attached hydrogens (tertiary/aromatic N) is 1. The van der Waals surface area contributed by atoms with Crippen LogP contribution in [0.2, 0.25) is 0 Å². The molecule has 0 radical (unpaired) electrons. The van der Waals surface area contributed by atoms with E-state index in [9.17, 15) is 5.26 Å². The van der Waals surface area contributed by atoms with Gasteiger partial charge in [-0.3, -0.25) is 0 Å². The number of benzene rings is 1. The molecule has 0 atom stereocenters. The predicted octanol–water partition coefficient (Wildman–Crippen LogP) is 3.39. The van der Waals surface area contributed by atoms with Gasteiger partial charge in [-0.2, -0.15) is 5.26 Å². The Hall–Kier alpha value is -1.33. The molecule has 1 aromatic rings. The molecule has 2 fully saturated rings. The standard InChI is InChI=1S/C17H22N2/c18-13-17(15-6-2-1-3-7-15)11-16(12-17)19-10-4-5-14-8-9-14/h1-3,6-7,14,16,19H,4-5,8-12H2. The molecular weight excluding hydrogens is 232 g/mol. The maximum Gasteiger partial charge on any atom is 0.0852 e. The summed E-state index contributed by atoms with van der Waals surface area (Å²) in [6, 6.07) is 13.3. The van der Waals surface area contributed by atoms with E-state index in [0.29, 0.717) is 6.04 Å². The topological polar surface area (TPSA) is 35.8 Å². The fourth-order valence-electron chi connectivity index (χ4n) is 3.18. The van der Waals surface area contributed by atoms with Crippen LogP contribution in [0.3, 0.4) is 0 Å². The third kappa shape index (κ3) is 2.82. The van der Waals surface area contributed by atoms with Gasteiger partial charge in [-0.15, -0.1) is 0 Å². The Balaban J connectivity index is 1.45. The summed E-state index contributed by atoms with van der Waals surface area (Å²) in [5.74, 6) is 1.03. The molecule has 0 aromatic heterocycles. The van der Waals surface area contributed by atoms with E-state index in [0.717, 1.165) is 25.3 Å². The van der Waals surface area contributed by atoms with Gasteiger partial charge in [-0.05, 0) is 43.7 Å². The zero-order valence-electron chi connectivity index (χ0n) is 11.4. The number of nitrogens with one attached hydrogen (secondary N) is 1. The average Bonchev–Trinajstić information content (AvgIpc) is 3.22. The van der Waals surface area contributed by atoms with E-state index >= 15 is 0 Å². The highest BCUT2D eigenvalue weighted by atomic mass is 14.9. The Kier molecular flexibility index (Phi) is 3.57.